The number of nitrogens with zero attached hydrogens (tertiary/aromatic N) is 1. The van der Waals surface area contributed by atoms with Crippen LogP contribution in [0.5, 0.6) is 0 Å². The lowest BCUT2D eigenvalue weighted by Gasteiger charge is -2.33. The van der Waals surface area contributed by atoms with Gasteiger partial charge < -0.3 is 4.90 Å². The summed E-state index contributed by atoms with van der Waals surface area (Å²) < 4.78 is 0. The maximum absolute atomic E-state index is 2.51. The van der Waals surface area contributed by atoms with Crippen LogP contribution in [0.4, 0.5) is 17.1 Å². The summed E-state index contributed by atoms with van der Waals surface area (Å²) in [7, 11) is -1.80. The SMILES string of the molecule is CC(C)(C)c1ccc(N(c2ccc3cc4c(cc3c2)-c2cc3cc(-c5ccccc5)ccc3cc2-4)c2ccc3ccccc3c2[Si](C)(C)C)cc1. The predicted octanol–water partition coefficient (Wildman–Crippen LogP) is 13.8. The number of rotatable bonds is 5. The Labute approximate surface area is 302 Å². The minimum Gasteiger partial charge on any atom is -0.311 e. The van der Waals surface area contributed by atoms with Crippen LogP contribution in [-0.4, -0.2) is 8.07 Å². The zero-order valence-corrected chi connectivity index (χ0v) is 31.4. The first-order valence-electron chi connectivity index (χ1n) is 18.2. The normalized spacial score (nSPS) is 12.5. The van der Waals surface area contributed by atoms with Crippen LogP contribution in [0.1, 0.15) is 26.3 Å². The topological polar surface area (TPSA) is 3.24 Å². The number of anilines is 3. The van der Waals surface area contributed by atoms with Crippen LogP contribution in [0.2, 0.25) is 19.6 Å². The standard InChI is InChI=1S/C49H43NSi/c1-49(2,3)39-20-23-40(24-21-39)50(47-25-19-33-14-10-11-15-42(33)48(47)51(4,5)6)41-22-18-36-29-44-43-28-35-17-16-34(32-12-8-7-9-13-32)26-37(35)30-45(43)46(44)31-38(36)27-41/h7-31H,1-6H3. The van der Waals surface area contributed by atoms with E-state index in [0.717, 1.165) is 0 Å². The van der Waals surface area contributed by atoms with Crippen molar-refractivity contribution in [3.63, 3.8) is 0 Å². The molecule has 51 heavy (non-hydrogen) atoms. The molecule has 1 nitrogen and oxygen atoms in total. The van der Waals surface area contributed by atoms with Gasteiger partial charge in [-0.05, 0) is 143 Å². The molecule has 0 amide bonds. The number of hydrogen-bond donors (Lipinski definition) is 0. The van der Waals surface area contributed by atoms with Crippen molar-refractivity contribution in [1.82, 2.24) is 0 Å². The lowest BCUT2D eigenvalue weighted by atomic mass is 9.77. The van der Waals surface area contributed by atoms with E-state index in [1.807, 2.05) is 0 Å². The van der Waals surface area contributed by atoms with Crippen LogP contribution < -0.4 is 10.1 Å². The van der Waals surface area contributed by atoms with E-state index in [0.29, 0.717) is 0 Å². The van der Waals surface area contributed by atoms with Crippen LogP contribution in [0.3, 0.4) is 0 Å². The van der Waals surface area contributed by atoms with Crippen molar-refractivity contribution < 1.29 is 0 Å². The Morgan fingerprint density at radius 3 is 1.63 bits per heavy atom. The molecule has 0 heterocycles. The minimum atomic E-state index is -1.80. The molecule has 8 aromatic rings. The highest BCUT2D eigenvalue weighted by Crippen LogP contribution is 2.51. The number of benzene rings is 8. The second-order valence-corrected chi connectivity index (χ2v) is 21.3. The molecule has 0 aromatic heterocycles. The highest BCUT2D eigenvalue weighted by atomic mass is 28.3. The van der Waals surface area contributed by atoms with E-state index in [1.54, 1.807) is 0 Å². The average molecular weight is 674 g/mol. The maximum Gasteiger partial charge on any atom is 0.0811 e. The third-order valence-corrected chi connectivity index (χ3v) is 12.8. The van der Waals surface area contributed by atoms with Gasteiger partial charge in [0.05, 0.1) is 8.07 Å². The molecule has 0 bridgehead atoms. The lowest BCUT2D eigenvalue weighted by Crippen LogP contribution is -2.41. The summed E-state index contributed by atoms with van der Waals surface area (Å²) in [6, 6.07) is 57.0. The summed E-state index contributed by atoms with van der Waals surface area (Å²) in [6.45, 7) is 14.3. The fourth-order valence-electron chi connectivity index (χ4n) is 8.13. The molecule has 0 unspecified atom stereocenters. The fraction of sp³-hybridized carbons (Fsp3) is 0.143. The van der Waals surface area contributed by atoms with Gasteiger partial charge in [0.25, 0.3) is 0 Å². The highest BCUT2D eigenvalue weighted by Gasteiger charge is 2.28. The molecular weight excluding hydrogens is 631 g/mol. The molecule has 0 spiro atoms. The predicted molar refractivity (Wildman–Crippen MR) is 225 cm³/mol. The smallest absolute Gasteiger partial charge is 0.0811 e. The Hall–Kier alpha value is -5.44. The van der Waals surface area contributed by atoms with Gasteiger partial charge in [0.15, 0.2) is 0 Å². The molecule has 0 N–H and O–H groups in total. The lowest BCUT2D eigenvalue weighted by molar-refractivity contribution is 0.590. The van der Waals surface area contributed by atoms with Crippen molar-refractivity contribution in [1.29, 1.82) is 0 Å². The van der Waals surface area contributed by atoms with Crippen LogP contribution >= 0.6 is 0 Å². The van der Waals surface area contributed by atoms with Crippen LogP contribution in [0, 0.1) is 0 Å². The first kappa shape index (κ1) is 31.5. The molecule has 2 heteroatoms. The Morgan fingerprint density at radius 2 is 0.980 bits per heavy atom. The molecule has 9 rings (SSSR count). The quantitative estimate of drug-likeness (QED) is 0.164. The summed E-state index contributed by atoms with van der Waals surface area (Å²) in [5.41, 5.74) is 13.0. The van der Waals surface area contributed by atoms with E-state index in [9.17, 15) is 0 Å². The third-order valence-electron chi connectivity index (χ3n) is 10.8. The van der Waals surface area contributed by atoms with Gasteiger partial charge >= 0.3 is 0 Å². The van der Waals surface area contributed by atoms with E-state index in [1.165, 1.54) is 93.5 Å². The van der Waals surface area contributed by atoms with Gasteiger partial charge in [-0.1, -0.05) is 131 Å². The minimum absolute atomic E-state index is 0.0886. The van der Waals surface area contributed by atoms with Crippen molar-refractivity contribution in [2.45, 2.75) is 45.8 Å². The van der Waals surface area contributed by atoms with Crippen molar-refractivity contribution >= 4 is 62.6 Å². The maximum atomic E-state index is 2.51. The van der Waals surface area contributed by atoms with Crippen molar-refractivity contribution in [2.75, 3.05) is 4.90 Å². The average Bonchev–Trinajstić information content (AvgIpc) is 3.13. The monoisotopic (exact) mass is 673 g/mol. The molecule has 1 aliphatic carbocycles. The zero-order valence-electron chi connectivity index (χ0n) is 30.4. The molecule has 0 fully saturated rings. The van der Waals surface area contributed by atoms with E-state index in [2.05, 4.69) is 197 Å². The van der Waals surface area contributed by atoms with E-state index >= 15 is 0 Å². The van der Waals surface area contributed by atoms with Gasteiger partial charge in [-0.3, -0.25) is 0 Å². The Morgan fingerprint density at radius 1 is 0.431 bits per heavy atom. The van der Waals surface area contributed by atoms with Gasteiger partial charge in [-0.15, -0.1) is 0 Å². The molecule has 0 aliphatic heterocycles. The van der Waals surface area contributed by atoms with Crippen LogP contribution in [0.15, 0.2) is 152 Å². The van der Waals surface area contributed by atoms with E-state index in [-0.39, 0.29) is 5.41 Å². The summed E-state index contributed by atoms with van der Waals surface area (Å²) in [5.74, 6) is 0. The van der Waals surface area contributed by atoms with Crippen LogP contribution in [0.25, 0.3) is 65.7 Å². The highest BCUT2D eigenvalue weighted by molar-refractivity contribution is 6.91. The second kappa shape index (κ2) is 11.5. The largest absolute Gasteiger partial charge is 0.311 e. The Bertz CT molecular complexity index is 2640. The molecule has 248 valence electrons. The van der Waals surface area contributed by atoms with Crippen LogP contribution in [-0.2, 0) is 5.41 Å². The van der Waals surface area contributed by atoms with Gasteiger partial charge in [0.1, 0.15) is 0 Å². The first-order chi connectivity index (χ1) is 24.5. The van der Waals surface area contributed by atoms with Gasteiger partial charge in [-0.2, -0.15) is 0 Å². The van der Waals surface area contributed by atoms with Gasteiger partial charge in [0.2, 0.25) is 0 Å². The van der Waals surface area contributed by atoms with Gasteiger partial charge in [-0.25, -0.2) is 0 Å². The molecule has 0 saturated carbocycles. The Kier molecular flexibility index (Phi) is 7.14. The first-order valence-corrected chi connectivity index (χ1v) is 21.7. The van der Waals surface area contributed by atoms with Crippen molar-refractivity contribution in [2.24, 2.45) is 0 Å². The number of hydrogen-bond acceptors (Lipinski definition) is 1. The Balaban J connectivity index is 1.19. The summed E-state index contributed by atoms with van der Waals surface area (Å²) >= 11 is 0. The summed E-state index contributed by atoms with van der Waals surface area (Å²) in [6.07, 6.45) is 0. The zero-order chi connectivity index (χ0) is 35.1. The van der Waals surface area contributed by atoms with Gasteiger partial charge in [0, 0.05) is 17.1 Å². The van der Waals surface area contributed by atoms with Crippen molar-refractivity contribution in [3.8, 4) is 33.4 Å². The summed E-state index contributed by atoms with van der Waals surface area (Å²) in [4.78, 5) is 2.51. The third kappa shape index (κ3) is 5.37. The molecule has 0 radical (unpaired) electrons. The fourth-order valence-corrected chi connectivity index (χ4v) is 10.1. The molecule has 0 saturated heterocycles. The molecule has 8 aromatic carbocycles. The molecule has 1 aliphatic rings. The molecule has 0 atom stereocenters. The summed E-state index contributed by atoms with van der Waals surface area (Å²) in [5, 5.41) is 9.28. The number of fused-ring (bicyclic) bond motifs is 7. The van der Waals surface area contributed by atoms with E-state index < -0.39 is 8.07 Å². The van der Waals surface area contributed by atoms with E-state index in [4.69, 9.17) is 0 Å². The van der Waals surface area contributed by atoms with Crippen molar-refractivity contribution in [3.05, 3.63) is 157 Å². The molecular formula is C49H43NSi. The second-order valence-electron chi connectivity index (χ2n) is 16.3.